The molecule has 0 amide bonds. The molecular formula is C10H13Cl2N2O3S+. The van der Waals surface area contributed by atoms with Crippen LogP contribution in [0.2, 0.25) is 10.0 Å². The minimum atomic E-state index is -3.67. The van der Waals surface area contributed by atoms with Crippen molar-refractivity contribution in [3.8, 4) is 0 Å². The molecule has 0 atom stereocenters. The highest BCUT2D eigenvalue weighted by molar-refractivity contribution is 7.89. The van der Waals surface area contributed by atoms with Gasteiger partial charge < -0.3 is 4.74 Å². The fourth-order valence-electron chi connectivity index (χ4n) is 1.65. The van der Waals surface area contributed by atoms with Gasteiger partial charge in [0.05, 0.1) is 18.2 Å². The van der Waals surface area contributed by atoms with Crippen LogP contribution in [0.3, 0.4) is 0 Å². The van der Waals surface area contributed by atoms with Gasteiger partial charge in [-0.3, -0.25) is 0 Å². The largest absolute Gasteiger partial charge is 0.370 e. The summed E-state index contributed by atoms with van der Waals surface area (Å²) in [5, 5.41) is 1.22. The van der Waals surface area contributed by atoms with Crippen molar-refractivity contribution in [2.45, 2.75) is 4.90 Å². The monoisotopic (exact) mass is 311 g/mol. The first-order valence-electron chi connectivity index (χ1n) is 5.39. The molecule has 1 aliphatic rings. The summed E-state index contributed by atoms with van der Waals surface area (Å²) >= 11 is 11.7. The van der Waals surface area contributed by atoms with Gasteiger partial charge in [-0.05, 0) is 18.2 Å². The number of ether oxygens (including phenoxy) is 1. The fraction of sp³-hybridized carbons (Fsp3) is 0.400. The van der Waals surface area contributed by atoms with Gasteiger partial charge in [0, 0.05) is 5.02 Å². The molecule has 8 heteroatoms. The van der Waals surface area contributed by atoms with Crippen LogP contribution in [-0.4, -0.2) is 34.7 Å². The molecule has 0 radical (unpaired) electrons. The van der Waals surface area contributed by atoms with E-state index in [4.69, 9.17) is 27.9 Å². The van der Waals surface area contributed by atoms with Crippen molar-refractivity contribution < 1.29 is 18.2 Å². The third-order valence-corrected chi connectivity index (χ3v) is 4.71. The molecule has 1 fully saturated rings. The van der Waals surface area contributed by atoms with E-state index >= 15 is 0 Å². The second-order valence-corrected chi connectivity index (χ2v) is 6.39. The molecule has 2 N–H and O–H groups in total. The molecule has 1 aliphatic heterocycles. The highest BCUT2D eigenvalue weighted by Gasteiger charge is 2.25. The number of benzene rings is 1. The van der Waals surface area contributed by atoms with E-state index in [0.717, 1.165) is 5.01 Å². The van der Waals surface area contributed by atoms with Crippen LogP contribution >= 0.6 is 23.2 Å². The van der Waals surface area contributed by atoms with Crippen LogP contribution in [-0.2, 0) is 14.8 Å². The van der Waals surface area contributed by atoms with Crippen molar-refractivity contribution in [3.05, 3.63) is 28.2 Å². The topological polar surface area (TPSA) is 59.8 Å². The predicted molar refractivity (Wildman–Crippen MR) is 68.3 cm³/mol. The minimum Gasteiger partial charge on any atom is -0.370 e. The summed E-state index contributed by atoms with van der Waals surface area (Å²) in [7, 11) is -3.67. The van der Waals surface area contributed by atoms with Crippen LogP contribution in [0.25, 0.3) is 0 Å². The quantitative estimate of drug-likeness (QED) is 0.832. The minimum absolute atomic E-state index is 0.00402. The lowest BCUT2D eigenvalue weighted by molar-refractivity contribution is -0.938. The SMILES string of the molecule is O=S(=O)(N[NH+]1CCOCC1)c1cc(Cl)ccc1Cl. The normalized spacial score (nSPS) is 17.9. The van der Waals surface area contributed by atoms with E-state index in [0.29, 0.717) is 31.3 Å². The van der Waals surface area contributed by atoms with E-state index < -0.39 is 10.0 Å². The van der Waals surface area contributed by atoms with E-state index in [1.165, 1.54) is 12.1 Å². The number of morpholine rings is 1. The Hall–Kier alpha value is -0.370. The lowest BCUT2D eigenvalue weighted by Gasteiger charge is -2.23. The van der Waals surface area contributed by atoms with Crippen LogP contribution in [0.15, 0.2) is 23.1 Å². The van der Waals surface area contributed by atoms with Gasteiger partial charge >= 0.3 is 0 Å². The van der Waals surface area contributed by atoms with Gasteiger partial charge in [-0.1, -0.05) is 28.0 Å². The number of sulfonamides is 1. The number of hydrogen-bond donors (Lipinski definition) is 2. The summed E-state index contributed by atoms with van der Waals surface area (Å²) in [4.78, 5) is 2.54. The maximum atomic E-state index is 12.2. The lowest BCUT2D eigenvalue weighted by atomic mass is 10.4. The Kier molecular flexibility index (Phi) is 4.47. The predicted octanol–water partition coefficient (Wildman–Crippen LogP) is 0.102. The zero-order valence-corrected chi connectivity index (χ0v) is 11.8. The second kappa shape index (κ2) is 5.73. The summed E-state index contributed by atoms with van der Waals surface area (Å²) in [5.74, 6) is 0. The van der Waals surface area contributed by atoms with E-state index in [2.05, 4.69) is 4.83 Å². The van der Waals surface area contributed by atoms with Crippen molar-refractivity contribution in [2.24, 2.45) is 0 Å². The van der Waals surface area contributed by atoms with Crippen molar-refractivity contribution in [3.63, 3.8) is 0 Å². The molecule has 0 saturated carbocycles. The number of nitrogens with one attached hydrogen (secondary N) is 2. The first-order chi connectivity index (χ1) is 8.49. The molecule has 1 aromatic carbocycles. The van der Waals surface area contributed by atoms with Gasteiger partial charge in [0.1, 0.15) is 18.0 Å². The molecule has 5 nitrogen and oxygen atoms in total. The number of halogens is 2. The maximum absolute atomic E-state index is 12.2. The Morgan fingerprint density at radius 1 is 1.22 bits per heavy atom. The molecule has 0 spiro atoms. The third-order valence-electron chi connectivity index (χ3n) is 2.56. The maximum Gasteiger partial charge on any atom is 0.283 e. The lowest BCUT2D eigenvalue weighted by Crippen LogP contribution is -3.20. The Morgan fingerprint density at radius 3 is 2.56 bits per heavy atom. The summed E-state index contributed by atoms with van der Waals surface area (Å²) in [6.07, 6.45) is 0. The van der Waals surface area contributed by atoms with E-state index in [1.807, 2.05) is 0 Å². The molecule has 2 rings (SSSR count). The van der Waals surface area contributed by atoms with Crippen LogP contribution in [0.4, 0.5) is 0 Å². The van der Waals surface area contributed by atoms with Gasteiger partial charge in [-0.15, -0.1) is 0 Å². The molecule has 0 aliphatic carbocycles. The highest BCUT2D eigenvalue weighted by atomic mass is 35.5. The standard InChI is InChI=1S/C10H12Cl2N2O3S/c11-8-1-2-9(12)10(7-8)18(15,16)13-14-3-5-17-6-4-14/h1-2,7,13H,3-6H2/p+1. The molecule has 0 bridgehead atoms. The molecule has 1 heterocycles. The van der Waals surface area contributed by atoms with Crippen LogP contribution in [0, 0.1) is 0 Å². The Morgan fingerprint density at radius 2 is 1.89 bits per heavy atom. The van der Waals surface area contributed by atoms with E-state index in [9.17, 15) is 8.42 Å². The Balaban J connectivity index is 2.21. The Labute approximate surface area is 116 Å². The molecular weight excluding hydrogens is 299 g/mol. The summed E-state index contributed by atoms with van der Waals surface area (Å²) in [6, 6.07) is 4.35. The summed E-state index contributed by atoms with van der Waals surface area (Å²) in [5.41, 5.74) is 0. The Bertz CT molecular complexity index is 530. The van der Waals surface area contributed by atoms with Gasteiger partial charge in [-0.25, -0.2) is 13.4 Å². The average Bonchev–Trinajstić information content (AvgIpc) is 2.33. The molecule has 0 aromatic heterocycles. The average molecular weight is 312 g/mol. The first kappa shape index (κ1) is 14.0. The van der Waals surface area contributed by atoms with Crippen molar-refractivity contribution >= 4 is 33.2 Å². The third kappa shape index (κ3) is 3.34. The number of rotatable bonds is 3. The zero-order valence-electron chi connectivity index (χ0n) is 9.45. The fourth-order valence-corrected chi connectivity index (χ4v) is 3.61. The molecule has 100 valence electrons. The van der Waals surface area contributed by atoms with Crippen LogP contribution < -0.4 is 9.84 Å². The summed E-state index contributed by atoms with van der Waals surface area (Å²) < 4.78 is 29.5. The van der Waals surface area contributed by atoms with Gasteiger partial charge in [0.2, 0.25) is 0 Å². The first-order valence-corrected chi connectivity index (χ1v) is 7.63. The molecule has 18 heavy (non-hydrogen) atoms. The van der Waals surface area contributed by atoms with E-state index in [1.54, 1.807) is 6.07 Å². The van der Waals surface area contributed by atoms with Crippen molar-refractivity contribution in [1.82, 2.24) is 4.83 Å². The number of hydrogen-bond acceptors (Lipinski definition) is 3. The second-order valence-electron chi connectivity index (χ2n) is 3.90. The highest BCUT2D eigenvalue weighted by Crippen LogP contribution is 2.24. The smallest absolute Gasteiger partial charge is 0.283 e. The molecule has 1 aromatic rings. The summed E-state index contributed by atoms with van der Waals surface area (Å²) in [6.45, 7) is 2.22. The van der Waals surface area contributed by atoms with E-state index in [-0.39, 0.29) is 9.92 Å². The van der Waals surface area contributed by atoms with Gasteiger partial charge in [0.15, 0.2) is 0 Å². The molecule has 1 saturated heterocycles. The van der Waals surface area contributed by atoms with Crippen molar-refractivity contribution in [1.29, 1.82) is 0 Å². The van der Waals surface area contributed by atoms with Crippen molar-refractivity contribution in [2.75, 3.05) is 26.3 Å². The number of quaternary nitrogens is 1. The molecule has 0 unspecified atom stereocenters. The van der Waals surface area contributed by atoms with Crippen LogP contribution in [0.5, 0.6) is 0 Å². The zero-order chi connectivity index (χ0) is 13.2. The van der Waals surface area contributed by atoms with Gasteiger partial charge in [0.25, 0.3) is 10.0 Å². The van der Waals surface area contributed by atoms with Crippen LogP contribution in [0.1, 0.15) is 0 Å². The van der Waals surface area contributed by atoms with Gasteiger partial charge in [-0.2, -0.15) is 0 Å².